The number of nitrogens with two attached hydrogens (primary N) is 1. The van der Waals surface area contributed by atoms with Crippen LogP contribution in [0.5, 0.6) is 0 Å². The lowest BCUT2D eigenvalue weighted by molar-refractivity contribution is -0.00865. The molecular weight excluding hydrogens is 235 g/mol. The van der Waals surface area contributed by atoms with Crippen molar-refractivity contribution in [3.05, 3.63) is 29.6 Å². The molecule has 0 spiro atoms. The van der Waals surface area contributed by atoms with Gasteiger partial charge in [0.1, 0.15) is 5.82 Å². The summed E-state index contributed by atoms with van der Waals surface area (Å²) in [5.74, 6) is -0.970. The minimum atomic E-state index is -0.553. The molecule has 98 valence electrons. The molecule has 0 aromatic heterocycles. The zero-order valence-electron chi connectivity index (χ0n) is 10.3. The topological polar surface area (TPSA) is 64.3 Å². The fraction of sp³-hybridized carbons (Fsp3) is 0.462. The van der Waals surface area contributed by atoms with Crippen LogP contribution in [0.4, 0.5) is 10.1 Å². The van der Waals surface area contributed by atoms with Crippen LogP contribution < -0.4 is 11.1 Å². The molecule has 5 heteroatoms. The summed E-state index contributed by atoms with van der Waals surface area (Å²) in [7, 11) is 0. The van der Waals surface area contributed by atoms with Crippen molar-refractivity contribution in [2.75, 3.05) is 12.3 Å². The van der Waals surface area contributed by atoms with Gasteiger partial charge in [0.25, 0.3) is 5.91 Å². The molecular formula is C13H17FN2O2. The number of benzene rings is 1. The van der Waals surface area contributed by atoms with E-state index in [2.05, 4.69) is 5.32 Å². The van der Waals surface area contributed by atoms with Gasteiger partial charge in [0.2, 0.25) is 0 Å². The molecule has 0 bridgehead atoms. The van der Waals surface area contributed by atoms with Crippen LogP contribution in [-0.2, 0) is 4.74 Å². The van der Waals surface area contributed by atoms with Gasteiger partial charge in [-0.25, -0.2) is 4.39 Å². The number of nitrogen functional groups attached to an aromatic ring is 1. The lowest BCUT2D eigenvalue weighted by Crippen LogP contribution is -2.48. The van der Waals surface area contributed by atoms with Gasteiger partial charge in [0.05, 0.1) is 11.7 Å². The molecule has 4 nitrogen and oxygen atoms in total. The maximum absolute atomic E-state index is 13.4. The number of anilines is 1. The molecule has 1 aliphatic carbocycles. The van der Waals surface area contributed by atoms with Gasteiger partial charge in [-0.15, -0.1) is 0 Å². The summed E-state index contributed by atoms with van der Waals surface area (Å²) >= 11 is 0. The highest BCUT2D eigenvalue weighted by atomic mass is 19.1. The zero-order chi connectivity index (χ0) is 13.1. The number of rotatable bonds is 4. The molecule has 0 radical (unpaired) electrons. The fourth-order valence-corrected chi connectivity index (χ4v) is 2.04. The molecule has 1 saturated carbocycles. The zero-order valence-corrected chi connectivity index (χ0v) is 10.3. The van der Waals surface area contributed by atoms with Crippen molar-refractivity contribution in [1.29, 1.82) is 0 Å². The standard InChI is InChI=1S/C13H17FN2O2/c1-2-18-10-6-9(7-10)16-13(17)11-5-8(15)3-4-12(11)14/h3-5,9-10H,2,6-7,15H2,1H3,(H,16,17). The average molecular weight is 252 g/mol. The van der Waals surface area contributed by atoms with E-state index in [1.807, 2.05) is 6.92 Å². The average Bonchev–Trinajstić information content (AvgIpc) is 2.29. The Labute approximate surface area is 105 Å². The van der Waals surface area contributed by atoms with Crippen molar-refractivity contribution in [3.63, 3.8) is 0 Å². The van der Waals surface area contributed by atoms with Crippen LogP contribution >= 0.6 is 0 Å². The van der Waals surface area contributed by atoms with E-state index >= 15 is 0 Å². The minimum absolute atomic E-state index is 0.00476. The molecule has 2 rings (SSSR count). The molecule has 18 heavy (non-hydrogen) atoms. The van der Waals surface area contributed by atoms with Gasteiger partial charge in [-0.1, -0.05) is 0 Å². The Hall–Kier alpha value is -1.62. The molecule has 3 N–H and O–H groups in total. The molecule has 1 fully saturated rings. The third kappa shape index (κ3) is 2.79. The lowest BCUT2D eigenvalue weighted by Gasteiger charge is -2.35. The van der Waals surface area contributed by atoms with Gasteiger partial charge in [-0.2, -0.15) is 0 Å². The van der Waals surface area contributed by atoms with Gasteiger partial charge in [0.15, 0.2) is 0 Å². The van der Waals surface area contributed by atoms with E-state index in [1.165, 1.54) is 18.2 Å². The Kier molecular flexibility index (Phi) is 3.81. The highest BCUT2D eigenvalue weighted by Gasteiger charge is 2.31. The number of hydrogen-bond acceptors (Lipinski definition) is 3. The molecule has 0 unspecified atom stereocenters. The number of nitrogens with one attached hydrogen (secondary N) is 1. The molecule has 1 aromatic rings. The van der Waals surface area contributed by atoms with Gasteiger partial charge >= 0.3 is 0 Å². The molecule has 1 amide bonds. The van der Waals surface area contributed by atoms with E-state index in [4.69, 9.17) is 10.5 Å². The van der Waals surface area contributed by atoms with Crippen molar-refractivity contribution in [1.82, 2.24) is 5.32 Å². The van der Waals surface area contributed by atoms with Crippen molar-refractivity contribution in [2.24, 2.45) is 0 Å². The summed E-state index contributed by atoms with van der Waals surface area (Å²) in [6.45, 7) is 2.61. The number of halogens is 1. The quantitative estimate of drug-likeness (QED) is 0.802. The molecule has 0 saturated heterocycles. The van der Waals surface area contributed by atoms with Crippen LogP contribution in [0.25, 0.3) is 0 Å². The molecule has 0 aliphatic heterocycles. The number of ether oxygens (including phenoxy) is 1. The van der Waals surface area contributed by atoms with Gasteiger partial charge in [0, 0.05) is 18.3 Å². The minimum Gasteiger partial charge on any atom is -0.399 e. The first kappa shape index (κ1) is 12.8. The summed E-state index contributed by atoms with van der Waals surface area (Å²) in [4.78, 5) is 11.8. The summed E-state index contributed by atoms with van der Waals surface area (Å²) in [5.41, 5.74) is 5.91. The van der Waals surface area contributed by atoms with E-state index in [0.717, 1.165) is 12.8 Å². The highest BCUT2D eigenvalue weighted by molar-refractivity contribution is 5.95. The third-order valence-electron chi connectivity index (χ3n) is 3.07. The van der Waals surface area contributed by atoms with E-state index in [-0.39, 0.29) is 17.7 Å². The SMILES string of the molecule is CCOC1CC(NC(=O)c2cc(N)ccc2F)C1. The predicted octanol–water partition coefficient (Wildman–Crippen LogP) is 1.71. The Bertz CT molecular complexity index is 445. The maximum atomic E-state index is 13.4. The first-order valence-corrected chi connectivity index (χ1v) is 6.07. The number of amides is 1. The van der Waals surface area contributed by atoms with Crippen LogP contribution in [0.2, 0.25) is 0 Å². The van der Waals surface area contributed by atoms with Gasteiger partial charge in [-0.05, 0) is 38.0 Å². The van der Waals surface area contributed by atoms with E-state index in [9.17, 15) is 9.18 Å². The monoisotopic (exact) mass is 252 g/mol. The number of carbonyl (C=O) groups excluding carboxylic acids is 1. The summed E-state index contributed by atoms with van der Waals surface area (Å²) < 4.78 is 18.8. The van der Waals surface area contributed by atoms with E-state index < -0.39 is 11.7 Å². The normalized spacial score (nSPS) is 22.3. The van der Waals surface area contributed by atoms with Crippen molar-refractivity contribution in [3.8, 4) is 0 Å². The summed E-state index contributed by atoms with van der Waals surface area (Å²) in [6.07, 6.45) is 1.78. The Morgan fingerprint density at radius 3 is 2.94 bits per heavy atom. The second-order valence-corrected chi connectivity index (χ2v) is 4.46. The van der Waals surface area contributed by atoms with Crippen LogP contribution in [0.15, 0.2) is 18.2 Å². The third-order valence-corrected chi connectivity index (χ3v) is 3.07. The van der Waals surface area contributed by atoms with E-state index in [1.54, 1.807) is 0 Å². The van der Waals surface area contributed by atoms with Crippen molar-refractivity contribution in [2.45, 2.75) is 31.9 Å². The number of hydrogen-bond donors (Lipinski definition) is 2. The van der Waals surface area contributed by atoms with Crippen molar-refractivity contribution >= 4 is 11.6 Å². The fourth-order valence-electron chi connectivity index (χ4n) is 2.04. The molecule has 1 aromatic carbocycles. The van der Waals surface area contributed by atoms with E-state index in [0.29, 0.717) is 12.3 Å². The van der Waals surface area contributed by atoms with Crippen molar-refractivity contribution < 1.29 is 13.9 Å². The smallest absolute Gasteiger partial charge is 0.254 e. The maximum Gasteiger partial charge on any atom is 0.254 e. The highest BCUT2D eigenvalue weighted by Crippen LogP contribution is 2.24. The number of carbonyl (C=O) groups is 1. The molecule has 0 atom stereocenters. The van der Waals surface area contributed by atoms with Gasteiger partial charge < -0.3 is 15.8 Å². The van der Waals surface area contributed by atoms with Crippen LogP contribution in [0, 0.1) is 5.82 Å². The Balaban J connectivity index is 1.91. The Morgan fingerprint density at radius 1 is 1.56 bits per heavy atom. The second-order valence-electron chi connectivity index (χ2n) is 4.46. The summed E-state index contributed by atoms with van der Waals surface area (Å²) in [6, 6.07) is 4.05. The van der Waals surface area contributed by atoms with Crippen LogP contribution in [0.3, 0.4) is 0 Å². The predicted molar refractivity (Wildman–Crippen MR) is 66.7 cm³/mol. The van der Waals surface area contributed by atoms with Crippen LogP contribution in [-0.4, -0.2) is 24.7 Å². The Morgan fingerprint density at radius 2 is 2.28 bits per heavy atom. The first-order valence-electron chi connectivity index (χ1n) is 6.07. The van der Waals surface area contributed by atoms with Crippen LogP contribution in [0.1, 0.15) is 30.1 Å². The first-order chi connectivity index (χ1) is 8.60. The molecule has 1 aliphatic rings. The van der Waals surface area contributed by atoms with Gasteiger partial charge in [-0.3, -0.25) is 4.79 Å². The molecule has 0 heterocycles. The largest absolute Gasteiger partial charge is 0.399 e. The second kappa shape index (κ2) is 5.35. The summed E-state index contributed by atoms with van der Waals surface area (Å²) in [5, 5.41) is 2.77. The lowest BCUT2D eigenvalue weighted by atomic mass is 9.89.